The average Bonchev–Trinajstić information content (AvgIpc) is 3.74. The summed E-state index contributed by atoms with van der Waals surface area (Å²) in [5.41, 5.74) is -5.51. The number of fused-ring (bicyclic) bond motifs is 1. The van der Waals surface area contributed by atoms with Gasteiger partial charge in [-0.15, -0.1) is 0 Å². The van der Waals surface area contributed by atoms with Crippen molar-refractivity contribution in [2.45, 2.75) is 75.4 Å². The third-order valence-electron chi connectivity index (χ3n) is 10.1. The van der Waals surface area contributed by atoms with Gasteiger partial charge in [0.1, 0.15) is 11.3 Å². The van der Waals surface area contributed by atoms with Crippen molar-refractivity contribution in [1.82, 2.24) is 10.2 Å². The first-order valence-electron chi connectivity index (χ1n) is 17.9. The average molecular weight is 771 g/mol. The first kappa shape index (κ1) is 39.5. The molecule has 2 aliphatic heterocycles. The molecule has 0 aliphatic carbocycles. The minimum absolute atomic E-state index is 0.0126. The van der Waals surface area contributed by atoms with Crippen LogP contribution in [0.15, 0.2) is 91.0 Å². The van der Waals surface area contributed by atoms with Gasteiger partial charge in [-0.25, -0.2) is 4.79 Å². The molecule has 1 unspecified atom stereocenters. The summed E-state index contributed by atoms with van der Waals surface area (Å²) in [5, 5.41) is 13.3. The van der Waals surface area contributed by atoms with Crippen molar-refractivity contribution in [2.24, 2.45) is 0 Å². The Balaban J connectivity index is 1.24. The zero-order valence-corrected chi connectivity index (χ0v) is 29.9. The molecule has 0 aromatic heterocycles. The number of benzene rings is 4. The molecular weight excluding hydrogens is 730 g/mol. The first-order valence-corrected chi connectivity index (χ1v) is 17.9. The van der Waals surface area contributed by atoms with E-state index in [2.05, 4.69) is 5.32 Å². The van der Waals surface area contributed by atoms with Crippen molar-refractivity contribution in [3.05, 3.63) is 124 Å². The molecule has 0 spiro atoms. The molecule has 14 heteroatoms. The number of aliphatic hydroxyl groups is 1. The molecule has 4 aromatic rings. The zero-order valence-electron chi connectivity index (χ0n) is 29.9. The second-order valence-corrected chi connectivity index (χ2v) is 13.6. The highest BCUT2D eigenvalue weighted by molar-refractivity contribution is 6.07. The molecule has 1 saturated heterocycles. The van der Waals surface area contributed by atoms with E-state index in [1.54, 1.807) is 85.8 Å². The van der Waals surface area contributed by atoms with Gasteiger partial charge in [0, 0.05) is 12.1 Å². The lowest BCUT2D eigenvalue weighted by Gasteiger charge is -2.33. The van der Waals surface area contributed by atoms with Crippen LogP contribution in [-0.4, -0.2) is 54.2 Å². The van der Waals surface area contributed by atoms with Crippen LogP contribution in [0, 0.1) is 0 Å². The number of rotatable bonds is 15. The Morgan fingerprint density at radius 3 is 1.87 bits per heavy atom. The maximum atomic E-state index is 14.2. The quantitative estimate of drug-likeness (QED) is 0.0718. The van der Waals surface area contributed by atoms with Crippen LogP contribution < -0.4 is 19.5 Å². The maximum Gasteiger partial charge on any atom is 0.430 e. The predicted molar refractivity (Wildman–Crippen MR) is 190 cm³/mol. The number of halogens is 6. The summed E-state index contributed by atoms with van der Waals surface area (Å²) in [5.74, 6) is 0.679. The monoisotopic (exact) mass is 770 g/mol. The summed E-state index contributed by atoms with van der Waals surface area (Å²) in [7, 11) is 0. The molecule has 3 amide bonds. The normalized spacial score (nSPS) is 17.1. The summed E-state index contributed by atoms with van der Waals surface area (Å²) < 4.78 is 102. The van der Waals surface area contributed by atoms with Crippen molar-refractivity contribution in [1.29, 1.82) is 0 Å². The number of urea groups is 1. The smallest absolute Gasteiger partial charge is 0.430 e. The van der Waals surface area contributed by atoms with Gasteiger partial charge in [0.05, 0.1) is 6.61 Å². The molecule has 2 aliphatic rings. The fraction of sp³-hybridized carbons (Fsp3) is 0.366. The Kier molecular flexibility index (Phi) is 11.4. The lowest BCUT2D eigenvalue weighted by Crippen LogP contribution is -2.54. The zero-order chi connectivity index (χ0) is 39.4. The van der Waals surface area contributed by atoms with E-state index >= 15 is 0 Å². The Hall–Kier alpha value is -5.24. The van der Waals surface area contributed by atoms with E-state index in [0.717, 1.165) is 28.2 Å². The third-order valence-corrected chi connectivity index (χ3v) is 10.1. The minimum Gasteiger partial charge on any atom is -0.493 e. The van der Waals surface area contributed by atoms with Gasteiger partial charge in [-0.1, -0.05) is 73.7 Å². The topological polar surface area (TPSA) is 97.3 Å². The molecule has 2 N–H and O–H groups in total. The molecule has 4 aromatic carbocycles. The number of nitrogens with one attached hydrogen (secondary N) is 1. The van der Waals surface area contributed by atoms with Crippen LogP contribution in [0.3, 0.4) is 0 Å². The standard InChI is InChI=1S/C41H40F6N2O6/c1-2-38(31-19-20-33-34(25-31)55-26-54-33)36(50)49(37(51)48-38)21-9-10-22-53-35-29(17-15-27-11-5-3-6-12-27)23-32(39(52,40(42,43)44)41(45,46)47)24-30(35)18-16-28-13-7-4-8-14-28/h3-8,11-14,19-20,23-25,52H,2,9-10,15-18,21-22,26H2,1H3,(H,48,51). The van der Waals surface area contributed by atoms with E-state index in [1.807, 2.05) is 0 Å². The number of nitrogens with zero attached hydrogens (tertiary/aromatic N) is 1. The number of alkyl halides is 6. The number of unbranched alkanes of at least 4 members (excludes halogenated alkanes) is 1. The van der Waals surface area contributed by atoms with Crippen molar-refractivity contribution in [3.63, 3.8) is 0 Å². The fourth-order valence-electron chi connectivity index (χ4n) is 7.03. The second-order valence-electron chi connectivity index (χ2n) is 13.6. The van der Waals surface area contributed by atoms with Gasteiger partial charge in [-0.3, -0.25) is 9.69 Å². The minimum atomic E-state index is -6.07. The predicted octanol–water partition coefficient (Wildman–Crippen LogP) is 8.31. The molecule has 8 nitrogen and oxygen atoms in total. The molecule has 1 fully saturated rings. The van der Waals surface area contributed by atoms with Crippen LogP contribution in [-0.2, 0) is 41.6 Å². The largest absolute Gasteiger partial charge is 0.493 e. The molecule has 0 saturated carbocycles. The summed E-state index contributed by atoms with van der Waals surface area (Å²) in [6.07, 6.45) is -10.7. The summed E-state index contributed by atoms with van der Waals surface area (Å²) in [6.45, 7) is 1.83. The summed E-state index contributed by atoms with van der Waals surface area (Å²) >= 11 is 0. The highest BCUT2D eigenvalue weighted by Gasteiger charge is 2.71. The van der Waals surface area contributed by atoms with E-state index in [4.69, 9.17) is 14.2 Å². The first-order chi connectivity index (χ1) is 26.2. The van der Waals surface area contributed by atoms with E-state index in [1.165, 1.54) is 0 Å². The van der Waals surface area contributed by atoms with Crippen LogP contribution in [0.4, 0.5) is 31.1 Å². The summed E-state index contributed by atoms with van der Waals surface area (Å²) in [6, 6.07) is 23.7. The van der Waals surface area contributed by atoms with E-state index in [-0.39, 0.29) is 75.3 Å². The molecule has 1 atom stereocenters. The number of hydrogen-bond acceptors (Lipinski definition) is 6. The van der Waals surface area contributed by atoms with Crippen molar-refractivity contribution in [2.75, 3.05) is 19.9 Å². The van der Waals surface area contributed by atoms with Crippen LogP contribution >= 0.6 is 0 Å². The molecule has 292 valence electrons. The number of aryl methyl sites for hydroxylation is 4. The molecule has 55 heavy (non-hydrogen) atoms. The van der Waals surface area contributed by atoms with Crippen molar-refractivity contribution >= 4 is 11.9 Å². The van der Waals surface area contributed by atoms with Gasteiger partial charge < -0.3 is 24.6 Å². The van der Waals surface area contributed by atoms with Gasteiger partial charge in [-0.05, 0) is 97.0 Å². The SMILES string of the molecule is CCC1(c2ccc3c(c2)OCO3)NC(=O)N(CCCCOc2c(CCc3ccccc3)cc(C(O)(C(F)(F)F)C(F)(F)F)cc2CCc2ccccc2)C1=O. The fourth-order valence-corrected chi connectivity index (χ4v) is 7.03. The lowest BCUT2D eigenvalue weighted by molar-refractivity contribution is -0.376. The van der Waals surface area contributed by atoms with Crippen molar-refractivity contribution in [3.8, 4) is 17.2 Å². The summed E-state index contributed by atoms with van der Waals surface area (Å²) in [4.78, 5) is 28.0. The van der Waals surface area contributed by atoms with Crippen LogP contribution in [0.1, 0.15) is 59.6 Å². The molecule has 2 heterocycles. The van der Waals surface area contributed by atoms with Crippen LogP contribution in [0.25, 0.3) is 0 Å². The Morgan fingerprint density at radius 2 is 1.33 bits per heavy atom. The number of carbonyl (C=O) groups is 2. The Bertz CT molecular complexity index is 1910. The molecular formula is C41H40F6N2O6. The number of amides is 3. The van der Waals surface area contributed by atoms with Gasteiger partial charge in [-0.2, -0.15) is 26.3 Å². The van der Waals surface area contributed by atoms with Crippen LogP contribution in [0.2, 0.25) is 0 Å². The molecule has 0 radical (unpaired) electrons. The highest BCUT2D eigenvalue weighted by atomic mass is 19.4. The third kappa shape index (κ3) is 7.96. The van der Waals surface area contributed by atoms with Gasteiger partial charge in [0.2, 0.25) is 6.79 Å². The van der Waals surface area contributed by atoms with Crippen molar-refractivity contribution < 1.29 is 55.2 Å². The molecule has 0 bridgehead atoms. The lowest BCUT2D eigenvalue weighted by atomic mass is 9.86. The number of hydrogen-bond donors (Lipinski definition) is 2. The van der Waals surface area contributed by atoms with E-state index in [0.29, 0.717) is 23.5 Å². The molecule has 6 rings (SSSR count). The maximum absolute atomic E-state index is 14.2. The highest BCUT2D eigenvalue weighted by Crippen LogP contribution is 2.51. The Labute approximate surface area is 314 Å². The van der Waals surface area contributed by atoms with E-state index in [9.17, 15) is 41.0 Å². The number of carbonyl (C=O) groups excluding carboxylic acids is 2. The van der Waals surface area contributed by atoms with Gasteiger partial charge >= 0.3 is 18.4 Å². The number of imide groups is 1. The van der Waals surface area contributed by atoms with Gasteiger partial charge in [0.25, 0.3) is 11.5 Å². The Morgan fingerprint density at radius 1 is 0.764 bits per heavy atom. The van der Waals surface area contributed by atoms with Crippen LogP contribution in [0.5, 0.6) is 17.2 Å². The number of ether oxygens (including phenoxy) is 3. The van der Waals surface area contributed by atoms with E-state index < -0.39 is 41.0 Å². The van der Waals surface area contributed by atoms with Gasteiger partial charge in [0.15, 0.2) is 11.5 Å². The second kappa shape index (κ2) is 15.9.